The number of aromatic carboxylic acids is 1. The predicted molar refractivity (Wildman–Crippen MR) is 65.3 cm³/mol. The van der Waals surface area contributed by atoms with Gasteiger partial charge in [-0.25, -0.2) is 9.78 Å². The Labute approximate surface area is 124 Å². The molecule has 10 heteroatoms. The second-order valence-corrected chi connectivity index (χ2v) is 4.43. The number of rotatable bonds is 2. The van der Waals surface area contributed by atoms with E-state index in [1.54, 1.807) is 0 Å². The van der Waals surface area contributed by atoms with Crippen LogP contribution in [0.25, 0.3) is 10.9 Å². The smallest absolute Gasteiger partial charge is 0.433 e. The molecule has 0 aliphatic carbocycles. The number of carboxylic acids is 1. The van der Waals surface area contributed by atoms with Gasteiger partial charge in [0.05, 0.1) is 23.8 Å². The van der Waals surface area contributed by atoms with Crippen molar-refractivity contribution in [1.82, 2.24) is 4.98 Å². The molecule has 4 nitrogen and oxygen atoms in total. The first-order valence-electron chi connectivity index (χ1n) is 5.85. The number of pyridine rings is 1. The maximum atomic E-state index is 13.1. The zero-order valence-electron chi connectivity index (χ0n) is 11.2. The van der Waals surface area contributed by atoms with E-state index >= 15 is 0 Å². The lowest BCUT2D eigenvalue weighted by atomic mass is 10.0. The van der Waals surface area contributed by atoms with Crippen LogP contribution in [-0.4, -0.2) is 23.2 Å². The van der Waals surface area contributed by atoms with Crippen molar-refractivity contribution in [3.63, 3.8) is 0 Å². The number of carboxylic acid groups (broad SMARTS) is 1. The van der Waals surface area contributed by atoms with Crippen LogP contribution in [-0.2, 0) is 12.4 Å². The maximum absolute atomic E-state index is 13.1. The Bertz CT molecular complexity index is 782. The first kappa shape index (κ1) is 16.8. The molecule has 2 rings (SSSR count). The summed E-state index contributed by atoms with van der Waals surface area (Å²) < 4.78 is 82.2. The zero-order valence-corrected chi connectivity index (χ0v) is 11.2. The minimum Gasteiger partial charge on any atom is -0.497 e. The third-order valence-corrected chi connectivity index (χ3v) is 2.95. The summed E-state index contributed by atoms with van der Waals surface area (Å²) >= 11 is 0. The Morgan fingerprint density at radius 1 is 1.09 bits per heavy atom. The number of fused-ring (bicyclic) bond motifs is 1. The van der Waals surface area contributed by atoms with Crippen LogP contribution in [0.4, 0.5) is 26.3 Å². The average molecular weight is 339 g/mol. The fourth-order valence-corrected chi connectivity index (χ4v) is 1.96. The number of hydrogen-bond donors (Lipinski definition) is 1. The molecule has 0 spiro atoms. The van der Waals surface area contributed by atoms with Gasteiger partial charge in [-0.2, -0.15) is 26.3 Å². The predicted octanol–water partition coefficient (Wildman–Crippen LogP) is 3.98. The molecule has 0 saturated carbocycles. The summed E-state index contributed by atoms with van der Waals surface area (Å²) in [6.07, 6.45) is -10.1. The molecule has 0 bridgehead atoms. The lowest BCUT2D eigenvalue weighted by Crippen LogP contribution is -2.14. The third kappa shape index (κ3) is 3.15. The molecule has 124 valence electrons. The highest BCUT2D eigenvalue weighted by atomic mass is 19.4. The highest BCUT2D eigenvalue weighted by Gasteiger charge is 2.38. The molecular formula is C13H7F6NO3. The Morgan fingerprint density at radius 2 is 1.70 bits per heavy atom. The van der Waals surface area contributed by atoms with Crippen LogP contribution < -0.4 is 4.74 Å². The number of hydrogen-bond acceptors (Lipinski definition) is 3. The topological polar surface area (TPSA) is 59.4 Å². The fraction of sp³-hybridized carbons (Fsp3) is 0.231. The van der Waals surface area contributed by atoms with Gasteiger partial charge in [0.1, 0.15) is 11.4 Å². The van der Waals surface area contributed by atoms with Crippen LogP contribution >= 0.6 is 0 Å². The number of alkyl halides is 6. The van der Waals surface area contributed by atoms with Crippen molar-refractivity contribution in [2.45, 2.75) is 12.4 Å². The third-order valence-electron chi connectivity index (χ3n) is 2.95. The highest BCUT2D eigenvalue weighted by molar-refractivity contribution is 6.04. The quantitative estimate of drug-likeness (QED) is 0.841. The molecule has 0 atom stereocenters. The summed E-state index contributed by atoms with van der Waals surface area (Å²) in [4.78, 5) is 14.1. The first-order chi connectivity index (χ1) is 10.4. The van der Waals surface area contributed by atoms with Crippen LogP contribution in [0, 0.1) is 0 Å². The van der Waals surface area contributed by atoms with Gasteiger partial charge in [0.15, 0.2) is 0 Å². The molecule has 1 aromatic heterocycles. The lowest BCUT2D eigenvalue weighted by molar-refractivity contribution is -0.142. The van der Waals surface area contributed by atoms with E-state index in [1.807, 2.05) is 0 Å². The molecule has 0 aliphatic heterocycles. The Hall–Kier alpha value is -2.52. The normalized spacial score (nSPS) is 12.5. The van der Waals surface area contributed by atoms with E-state index < -0.39 is 46.0 Å². The van der Waals surface area contributed by atoms with Crippen LogP contribution in [0.1, 0.15) is 21.6 Å². The maximum Gasteiger partial charge on any atom is 0.433 e. The molecule has 0 saturated heterocycles. The van der Waals surface area contributed by atoms with Gasteiger partial charge in [0.25, 0.3) is 0 Å². The van der Waals surface area contributed by atoms with Crippen molar-refractivity contribution in [3.05, 3.63) is 35.0 Å². The second kappa shape index (κ2) is 5.28. The molecule has 0 amide bonds. The minimum atomic E-state index is -5.10. The lowest BCUT2D eigenvalue weighted by Gasteiger charge is -2.15. The molecule has 1 heterocycles. The molecule has 0 radical (unpaired) electrons. The van der Waals surface area contributed by atoms with E-state index in [9.17, 15) is 31.1 Å². The highest BCUT2D eigenvalue weighted by Crippen LogP contribution is 2.39. The molecule has 0 aliphatic rings. The van der Waals surface area contributed by atoms with Gasteiger partial charge in [-0.15, -0.1) is 0 Å². The molecular weight excluding hydrogens is 332 g/mol. The summed E-state index contributed by atoms with van der Waals surface area (Å²) in [5.74, 6) is -2.17. The molecule has 1 N–H and O–H groups in total. The number of halogens is 6. The molecule has 2 aromatic rings. The summed E-state index contributed by atoms with van der Waals surface area (Å²) in [5.41, 5.74) is -5.30. The van der Waals surface area contributed by atoms with Gasteiger partial charge in [0, 0.05) is 5.39 Å². The van der Waals surface area contributed by atoms with Crippen LogP contribution in [0.15, 0.2) is 18.2 Å². The largest absolute Gasteiger partial charge is 0.497 e. The van der Waals surface area contributed by atoms with Gasteiger partial charge in [0.2, 0.25) is 0 Å². The number of aromatic nitrogens is 1. The van der Waals surface area contributed by atoms with Crippen molar-refractivity contribution in [3.8, 4) is 5.75 Å². The Kier molecular flexibility index (Phi) is 3.87. The van der Waals surface area contributed by atoms with Crippen LogP contribution in [0.5, 0.6) is 5.75 Å². The van der Waals surface area contributed by atoms with Gasteiger partial charge >= 0.3 is 18.3 Å². The second-order valence-electron chi connectivity index (χ2n) is 4.43. The van der Waals surface area contributed by atoms with Gasteiger partial charge in [-0.05, 0) is 18.2 Å². The summed E-state index contributed by atoms with van der Waals surface area (Å²) in [5, 5.41) is 8.41. The SMILES string of the molecule is COc1cc(C(F)(F)F)c2nc(C(F)(F)F)cc(C(=O)O)c2c1. The van der Waals surface area contributed by atoms with Crippen LogP contribution in [0.3, 0.4) is 0 Å². The molecule has 23 heavy (non-hydrogen) atoms. The van der Waals surface area contributed by atoms with Crippen LogP contribution in [0.2, 0.25) is 0 Å². The van der Waals surface area contributed by atoms with E-state index in [0.717, 1.165) is 13.2 Å². The van der Waals surface area contributed by atoms with Gasteiger partial charge in [-0.3, -0.25) is 0 Å². The number of nitrogens with zero attached hydrogens (tertiary/aromatic N) is 1. The molecule has 0 unspecified atom stereocenters. The van der Waals surface area contributed by atoms with E-state index in [1.165, 1.54) is 0 Å². The summed E-state index contributed by atoms with van der Waals surface area (Å²) in [7, 11) is 1.04. The molecule has 1 aromatic carbocycles. The van der Waals surface area contributed by atoms with Crippen molar-refractivity contribution in [2.24, 2.45) is 0 Å². The van der Waals surface area contributed by atoms with Crippen molar-refractivity contribution in [2.75, 3.05) is 7.11 Å². The van der Waals surface area contributed by atoms with Gasteiger partial charge in [-0.1, -0.05) is 0 Å². The number of methoxy groups -OCH3 is 1. The average Bonchev–Trinajstić information content (AvgIpc) is 2.42. The van der Waals surface area contributed by atoms with Crippen molar-refractivity contribution >= 4 is 16.9 Å². The zero-order chi connectivity index (χ0) is 17.6. The number of ether oxygens (including phenoxy) is 1. The monoisotopic (exact) mass is 339 g/mol. The first-order valence-corrected chi connectivity index (χ1v) is 5.85. The summed E-state index contributed by atoms with van der Waals surface area (Å²) in [6.45, 7) is 0. The Balaban J connectivity index is 3.00. The number of carbonyl (C=O) groups is 1. The van der Waals surface area contributed by atoms with E-state index in [4.69, 9.17) is 5.11 Å². The number of benzene rings is 1. The van der Waals surface area contributed by atoms with Crippen molar-refractivity contribution < 1.29 is 41.0 Å². The van der Waals surface area contributed by atoms with Crippen molar-refractivity contribution in [1.29, 1.82) is 0 Å². The van der Waals surface area contributed by atoms with Gasteiger partial charge < -0.3 is 9.84 Å². The minimum absolute atomic E-state index is 0.185. The summed E-state index contributed by atoms with van der Waals surface area (Å²) in [6, 6.07) is 1.53. The van der Waals surface area contributed by atoms with E-state index in [-0.39, 0.29) is 11.8 Å². The Morgan fingerprint density at radius 3 is 2.13 bits per heavy atom. The van der Waals surface area contributed by atoms with E-state index in [2.05, 4.69) is 9.72 Å². The fourth-order valence-electron chi connectivity index (χ4n) is 1.96. The molecule has 0 fully saturated rings. The standard InChI is InChI=1S/C13H7F6NO3/c1-23-5-2-6-7(11(21)22)4-9(13(17,18)19)20-10(6)8(3-5)12(14,15)16/h2-4H,1H3,(H,21,22). The van der Waals surface area contributed by atoms with E-state index in [0.29, 0.717) is 6.07 Å².